The highest BCUT2D eigenvalue weighted by Gasteiger charge is 2.28. The highest BCUT2D eigenvalue weighted by atomic mass is 16.3. The van der Waals surface area contributed by atoms with E-state index in [-0.39, 0.29) is 6.04 Å². The van der Waals surface area contributed by atoms with E-state index in [2.05, 4.69) is 25.1 Å². The molecule has 29 heavy (non-hydrogen) atoms. The lowest BCUT2D eigenvalue weighted by molar-refractivity contribution is -0.108. The zero-order valence-corrected chi connectivity index (χ0v) is 15.8. The molecular formula is C21H18N6O2. The highest BCUT2D eigenvalue weighted by Crippen LogP contribution is 2.33. The number of benzene rings is 1. The number of amides is 1. The fourth-order valence-corrected chi connectivity index (χ4v) is 3.50. The molecule has 8 heteroatoms. The van der Waals surface area contributed by atoms with E-state index in [1.807, 2.05) is 31.2 Å². The van der Waals surface area contributed by atoms with Gasteiger partial charge >= 0.3 is 0 Å². The molecule has 0 N–H and O–H groups in total. The zero-order chi connectivity index (χ0) is 19.8. The lowest BCUT2D eigenvalue weighted by Crippen LogP contribution is -2.40. The quantitative estimate of drug-likeness (QED) is 0.484. The number of rotatable bonds is 5. The molecule has 1 fully saturated rings. The Morgan fingerprint density at radius 2 is 2.03 bits per heavy atom. The fraction of sp³-hybridized carbons (Fsp3) is 0.238. The number of anilines is 1. The van der Waals surface area contributed by atoms with Crippen LogP contribution in [-0.2, 0) is 4.79 Å². The van der Waals surface area contributed by atoms with Crippen LogP contribution >= 0.6 is 0 Å². The number of hydrogen-bond acceptors (Lipinski definition) is 7. The summed E-state index contributed by atoms with van der Waals surface area (Å²) in [5.41, 5.74) is 3.68. The summed E-state index contributed by atoms with van der Waals surface area (Å²) < 4.78 is 5.60. The van der Waals surface area contributed by atoms with Crippen LogP contribution in [0.25, 0.3) is 33.6 Å². The van der Waals surface area contributed by atoms with Gasteiger partial charge in [0.1, 0.15) is 17.7 Å². The number of aromatic nitrogens is 5. The van der Waals surface area contributed by atoms with Crippen LogP contribution in [0.15, 0.2) is 47.3 Å². The zero-order valence-electron chi connectivity index (χ0n) is 15.8. The fourth-order valence-electron chi connectivity index (χ4n) is 3.50. The molecule has 1 saturated carbocycles. The Labute approximate surface area is 166 Å². The number of nitrogens with zero attached hydrogens (tertiary/aromatic N) is 6. The Morgan fingerprint density at radius 3 is 2.76 bits per heavy atom. The molecular weight excluding hydrogens is 368 g/mol. The third-order valence-corrected chi connectivity index (χ3v) is 5.35. The summed E-state index contributed by atoms with van der Waals surface area (Å²) in [6.07, 6.45) is 6.92. The van der Waals surface area contributed by atoms with Gasteiger partial charge in [0.15, 0.2) is 5.76 Å². The van der Waals surface area contributed by atoms with Gasteiger partial charge in [-0.1, -0.05) is 6.07 Å². The van der Waals surface area contributed by atoms with Crippen LogP contribution in [0.3, 0.4) is 0 Å². The topological polar surface area (TPSA) is 97.9 Å². The lowest BCUT2D eigenvalue weighted by atomic mass is 9.92. The van der Waals surface area contributed by atoms with Gasteiger partial charge < -0.3 is 4.42 Å². The van der Waals surface area contributed by atoms with Gasteiger partial charge in [-0.3, -0.25) is 9.69 Å². The summed E-state index contributed by atoms with van der Waals surface area (Å²) in [6.45, 7) is 1.94. The summed E-state index contributed by atoms with van der Waals surface area (Å²) >= 11 is 0. The Hall–Kier alpha value is -3.68. The smallest absolute Gasteiger partial charge is 0.252 e. The average Bonchev–Trinajstić information content (AvgIpc) is 3.25. The Balaban J connectivity index is 1.66. The van der Waals surface area contributed by atoms with Gasteiger partial charge in [-0.05, 0) is 50.5 Å². The molecule has 0 atom stereocenters. The van der Waals surface area contributed by atoms with E-state index < -0.39 is 0 Å². The van der Waals surface area contributed by atoms with E-state index >= 15 is 0 Å². The van der Waals surface area contributed by atoms with Crippen molar-refractivity contribution < 1.29 is 9.21 Å². The van der Waals surface area contributed by atoms with Crippen LogP contribution in [0.2, 0.25) is 0 Å². The maximum absolute atomic E-state index is 11.7. The second-order valence-electron chi connectivity index (χ2n) is 7.07. The molecule has 3 aromatic heterocycles. The Bertz CT molecular complexity index is 1190. The summed E-state index contributed by atoms with van der Waals surface area (Å²) in [6, 6.07) is 9.57. The van der Waals surface area contributed by atoms with Crippen molar-refractivity contribution in [2.75, 3.05) is 4.90 Å². The summed E-state index contributed by atoms with van der Waals surface area (Å²) in [5, 5.41) is 9.64. The van der Waals surface area contributed by atoms with Gasteiger partial charge in [-0.15, -0.1) is 10.2 Å². The van der Waals surface area contributed by atoms with Crippen LogP contribution in [0.1, 0.15) is 25.0 Å². The molecule has 1 amide bonds. The molecule has 1 aliphatic rings. The van der Waals surface area contributed by atoms with Gasteiger partial charge in [-0.2, -0.15) is 0 Å². The van der Waals surface area contributed by atoms with E-state index in [4.69, 9.17) is 4.42 Å². The van der Waals surface area contributed by atoms with Crippen LogP contribution in [0.5, 0.6) is 0 Å². The molecule has 144 valence electrons. The standard InChI is InChI=1S/C21H18N6O2/c1-13-16-10-14(7-8-17(16)23-11-22-13)19-20(18-6-3-9-29-18)24-21(26-25-19)27(12-28)15-4-2-5-15/h3,6-12,15H,2,4-5H2,1H3. The molecule has 0 aliphatic heterocycles. The second kappa shape index (κ2) is 7.05. The van der Waals surface area contributed by atoms with Crippen molar-refractivity contribution >= 4 is 23.3 Å². The first-order valence-corrected chi connectivity index (χ1v) is 9.48. The van der Waals surface area contributed by atoms with E-state index in [0.29, 0.717) is 23.1 Å². The van der Waals surface area contributed by atoms with E-state index in [1.165, 1.54) is 0 Å². The van der Waals surface area contributed by atoms with Crippen molar-refractivity contribution in [2.24, 2.45) is 0 Å². The van der Waals surface area contributed by atoms with E-state index in [9.17, 15) is 4.79 Å². The highest BCUT2D eigenvalue weighted by molar-refractivity contribution is 5.88. The first kappa shape index (κ1) is 17.4. The largest absolute Gasteiger partial charge is 0.463 e. The molecule has 0 radical (unpaired) electrons. The number of hydrogen-bond donors (Lipinski definition) is 0. The molecule has 0 unspecified atom stereocenters. The number of furan rings is 1. The van der Waals surface area contributed by atoms with Gasteiger partial charge in [-0.25, -0.2) is 15.0 Å². The van der Waals surface area contributed by atoms with Gasteiger partial charge in [0.05, 0.1) is 11.8 Å². The van der Waals surface area contributed by atoms with Crippen molar-refractivity contribution in [3.63, 3.8) is 0 Å². The number of carbonyl (C=O) groups excluding carboxylic acids is 1. The van der Waals surface area contributed by atoms with Gasteiger partial charge in [0.2, 0.25) is 6.41 Å². The summed E-state index contributed by atoms with van der Waals surface area (Å²) in [7, 11) is 0. The first-order chi connectivity index (χ1) is 14.2. The summed E-state index contributed by atoms with van der Waals surface area (Å²) in [5.74, 6) is 0.858. The number of fused-ring (bicyclic) bond motifs is 1. The van der Waals surface area contributed by atoms with Gasteiger partial charge in [0.25, 0.3) is 5.95 Å². The molecule has 3 heterocycles. The van der Waals surface area contributed by atoms with Crippen molar-refractivity contribution in [3.8, 4) is 22.7 Å². The molecule has 8 nitrogen and oxygen atoms in total. The third kappa shape index (κ3) is 3.02. The molecule has 4 aromatic rings. The van der Waals surface area contributed by atoms with Crippen molar-refractivity contribution in [1.29, 1.82) is 0 Å². The molecule has 1 aliphatic carbocycles. The maximum atomic E-state index is 11.7. The first-order valence-electron chi connectivity index (χ1n) is 9.48. The van der Waals surface area contributed by atoms with Crippen molar-refractivity contribution in [2.45, 2.75) is 32.2 Å². The molecule has 0 spiro atoms. The van der Waals surface area contributed by atoms with Crippen LogP contribution in [0, 0.1) is 6.92 Å². The SMILES string of the molecule is Cc1ncnc2ccc(-c3nnc(N(C=O)C4CCC4)nc3-c3ccco3)cc12. The summed E-state index contributed by atoms with van der Waals surface area (Å²) in [4.78, 5) is 26.5. The molecule has 0 saturated heterocycles. The normalized spacial score (nSPS) is 14.0. The predicted molar refractivity (Wildman–Crippen MR) is 107 cm³/mol. The van der Waals surface area contributed by atoms with E-state index in [0.717, 1.165) is 47.8 Å². The predicted octanol–water partition coefficient (Wildman–Crippen LogP) is 3.57. The number of carbonyl (C=O) groups is 1. The van der Waals surface area contributed by atoms with Gasteiger partial charge in [0, 0.05) is 22.7 Å². The van der Waals surface area contributed by atoms with Crippen LogP contribution in [-0.4, -0.2) is 37.6 Å². The van der Waals surface area contributed by atoms with Crippen LogP contribution < -0.4 is 4.90 Å². The Kier molecular flexibility index (Phi) is 4.23. The maximum Gasteiger partial charge on any atom is 0.252 e. The minimum absolute atomic E-state index is 0.130. The second-order valence-corrected chi connectivity index (χ2v) is 7.07. The minimum Gasteiger partial charge on any atom is -0.463 e. The lowest BCUT2D eigenvalue weighted by Gasteiger charge is -2.33. The number of aryl methyl sites for hydroxylation is 1. The third-order valence-electron chi connectivity index (χ3n) is 5.35. The Morgan fingerprint density at radius 1 is 1.14 bits per heavy atom. The van der Waals surface area contributed by atoms with E-state index in [1.54, 1.807) is 23.6 Å². The average molecular weight is 386 g/mol. The molecule has 1 aromatic carbocycles. The van der Waals surface area contributed by atoms with Crippen molar-refractivity contribution in [3.05, 3.63) is 48.6 Å². The monoisotopic (exact) mass is 386 g/mol. The minimum atomic E-state index is 0.130. The molecule has 5 rings (SSSR count). The molecule has 0 bridgehead atoms. The van der Waals surface area contributed by atoms with Crippen molar-refractivity contribution in [1.82, 2.24) is 25.1 Å². The van der Waals surface area contributed by atoms with Crippen LogP contribution in [0.4, 0.5) is 5.95 Å².